The standard InChI is InChI=1S/C10H14N2O2/c1-14-9-3-2-8(10(13)6-9)7-12-5-4-11/h2-3,6-7,13H,4-5,11H2,1H3. The fourth-order valence-electron chi connectivity index (χ4n) is 0.997. The summed E-state index contributed by atoms with van der Waals surface area (Å²) in [5.41, 5.74) is 5.95. The minimum Gasteiger partial charge on any atom is -0.507 e. The number of methoxy groups -OCH3 is 1. The predicted octanol–water partition coefficient (Wildman–Crippen LogP) is 0.778. The lowest BCUT2D eigenvalue weighted by Gasteiger charge is -2.02. The van der Waals surface area contributed by atoms with Gasteiger partial charge in [-0.25, -0.2) is 0 Å². The monoisotopic (exact) mass is 194 g/mol. The van der Waals surface area contributed by atoms with Crippen LogP contribution in [0.1, 0.15) is 5.56 Å². The zero-order valence-corrected chi connectivity index (χ0v) is 8.10. The first kappa shape index (κ1) is 10.5. The first-order chi connectivity index (χ1) is 6.77. The van der Waals surface area contributed by atoms with Crippen molar-refractivity contribution in [1.29, 1.82) is 0 Å². The van der Waals surface area contributed by atoms with Crippen LogP contribution in [0.15, 0.2) is 23.2 Å². The summed E-state index contributed by atoms with van der Waals surface area (Å²) >= 11 is 0. The molecular weight excluding hydrogens is 180 g/mol. The summed E-state index contributed by atoms with van der Waals surface area (Å²) < 4.78 is 4.95. The number of phenolic OH excluding ortho intramolecular Hbond substituents is 1. The number of nitrogens with zero attached hydrogens (tertiary/aromatic N) is 1. The molecule has 0 aliphatic rings. The molecule has 0 radical (unpaired) electrons. The van der Waals surface area contributed by atoms with Gasteiger partial charge in [-0.15, -0.1) is 0 Å². The summed E-state index contributed by atoms with van der Waals surface area (Å²) in [5.74, 6) is 0.781. The molecule has 0 aliphatic heterocycles. The van der Waals surface area contributed by atoms with Crippen LogP contribution in [0.5, 0.6) is 11.5 Å². The third-order valence-electron chi connectivity index (χ3n) is 1.73. The normalized spacial score (nSPS) is 10.7. The quantitative estimate of drug-likeness (QED) is 0.696. The topological polar surface area (TPSA) is 67.8 Å². The second-order valence-corrected chi connectivity index (χ2v) is 2.75. The van der Waals surface area contributed by atoms with E-state index in [-0.39, 0.29) is 5.75 Å². The number of phenols is 1. The first-order valence-corrected chi connectivity index (χ1v) is 4.35. The van der Waals surface area contributed by atoms with Crippen molar-refractivity contribution in [2.24, 2.45) is 10.7 Å². The number of hydrogen-bond donors (Lipinski definition) is 2. The number of ether oxygens (including phenoxy) is 1. The highest BCUT2D eigenvalue weighted by Gasteiger charge is 1.99. The van der Waals surface area contributed by atoms with Gasteiger partial charge in [0.25, 0.3) is 0 Å². The van der Waals surface area contributed by atoms with Crippen LogP contribution >= 0.6 is 0 Å². The van der Waals surface area contributed by atoms with Crippen molar-refractivity contribution in [3.8, 4) is 11.5 Å². The molecule has 0 bridgehead atoms. The summed E-state index contributed by atoms with van der Waals surface area (Å²) in [6, 6.07) is 5.06. The van der Waals surface area contributed by atoms with Gasteiger partial charge in [-0.1, -0.05) is 0 Å². The number of rotatable bonds is 4. The smallest absolute Gasteiger partial charge is 0.128 e. The molecule has 0 aromatic heterocycles. The maximum Gasteiger partial charge on any atom is 0.128 e. The summed E-state index contributed by atoms with van der Waals surface area (Å²) in [4.78, 5) is 4.03. The van der Waals surface area contributed by atoms with E-state index >= 15 is 0 Å². The lowest BCUT2D eigenvalue weighted by Crippen LogP contribution is -2.02. The van der Waals surface area contributed by atoms with Crippen LogP contribution in [-0.2, 0) is 0 Å². The Bertz CT molecular complexity index is 324. The number of aliphatic imine (C=N–C) groups is 1. The Labute approximate surface area is 83.0 Å². The molecule has 4 heteroatoms. The molecule has 76 valence electrons. The molecule has 0 heterocycles. The van der Waals surface area contributed by atoms with E-state index in [1.54, 1.807) is 31.5 Å². The van der Waals surface area contributed by atoms with E-state index in [2.05, 4.69) is 4.99 Å². The summed E-state index contributed by atoms with van der Waals surface area (Å²) in [6.07, 6.45) is 1.60. The zero-order valence-electron chi connectivity index (χ0n) is 8.10. The maximum absolute atomic E-state index is 9.52. The molecule has 0 unspecified atom stereocenters. The van der Waals surface area contributed by atoms with Crippen LogP contribution in [0, 0.1) is 0 Å². The van der Waals surface area contributed by atoms with Crippen LogP contribution in [0.4, 0.5) is 0 Å². The molecule has 0 aliphatic carbocycles. The van der Waals surface area contributed by atoms with Crippen molar-refractivity contribution in [1.82, 2.24) is 0 Å². The van der Waals surface area contributed by atoms with Crippen molar-refractivity contribution in [3.63, 3.8) is 0 Å². The first-order valence-electron chi connectivity index (χ1n) is 4.35. The molecular formula is C10H14N2O2. The SMILES string of the molecule is COc1ccc(C=NCCN)c(O)c1. The molecule has 4 nitrogen and oxygen atoms in total. The highest BCUT2D eigenvalue weighted by molar-refractivity contribution is 5.83. The van der Waals surface area contributed by atoms with Gasteiger partial charge in [0, 0.05) is 24.4 Å². The average Bonchev–Trinajstić information content (AvgIpc) is 2.20. The average molecular weight is 194 g/mol. The molecule has 0 fully saturated rings. The minimum absolute atomic E-state index is 0.158. The molecule has 0 saturated heterocycles. The molecule has 1 aromatic rings. The van der Waals surface area contributed by atoms with E-state index in [0.717, 1.165) is 0 Å². The van der Waals surface area contributed by atoms with Crippen LogP contribution in [0.25, 0.3) is 0 Å². The number of aromatic hydroxyl groups is 1. The van der Waals surface area contributed by atoms with Crippen LogP contribution in [0.2, 0.25) is 0 Å². The van der Waals surface area contributed by atoms with Crippen molar-refractivity contribution < 1.29 is 9.84 Å². The van der Waals surface area contributed by atoms with Crippen molar-refractivity contribution >= 4 is 6.21 Å². The van der Waals surface area contributed by atoms with Gasteiger partial charge >= 0.3 is 0 Å². The lowest BCUT2D eigenvalue weighted by atomic mass is 10.2. The molecule has 3 N–H and O–H groups in total. The molecule has 0 amide bonds. The minimum atomic E-state index is 0.158. The van der Waals surface area contributed by atoms with Crippen molar-refractivity contribution in [2.75, 3.05) is 20.2 Å². The summed E-state index contributed by atoms with van der Waals surface area (Å²) in [7, 11) is 1.55. The number of nitrogens with two attached hydrogens (primary N) is 1. The van der Waals surface area contributed by atoms with E-state index < -0.39 is 0 Å². The van der Waals surface area contributed by atoms with Crippen LogP contribution in [-0.4, -0.2) is 31.5 Å². The zero-order chi connectivity index (χ0) is 10.4. The third-order valence-corrected chi connectivity index (χ3v) is 1.73. The summed E-state index contributed by atoms with van der Waals surface area (Å²) in [6.45, 7) is 1.07. The van der Waals surface area contributed by atoms with Crippen LogP contribution in [0.3, 0.4) is 0 Å². The van der Waals surface area contributed by atoms with Gasteiger partial charge in [0.05, 0.1) is 13.7 Å². The molecule has 1 rings (SSSR count). The molecule has 0 saturated carbocycles. The third kappa shape index (κ3) is 2.74. The van der Waals surface area contributed by atoms with Gasteiger partial charge in [0.1, 0.15) is 11.5 Å². The second kappa shape index (κ2) is 5.24. The maximum atomic E-state index is 9.52. The Morgan fingerprint density at radius 3 is 2.93 bits per heavy atom. The van der Waals surface area contributed by atoms with Crippen LogP contribution < -0.4 is 10.5 Å². The molecule has 0 atom stereocenters. The molecule has 1 aromatic carbocycles. The van der Waals surface area contributed by atoms with E-state index in [0.29, 0.717) is 24.4 Å². The highest BCUT2D eigenvalue weighted by atomic mass is 16.5. The predicted molar refractivity (Wildman–Crippen MR) is 56.2 cm³/mol. The Balaban J connectivity index is 2.78. The van der Waals surface area contributed by atoms with Crippen molar-refractivity contribution in [2.45, 2.75) is 0 Å². The largest absolute Gasteiger partial charge is 0.507 e. The highest BCUT2D eigenvalue weighted by Crippen LogP contribution is 2.21. The van der Waals surface area contributed by atoms with Gasteiger partial charge < -0.3 is 15.6 Å². The second-order valence-electron chi connectivity index (χ2n) is 2.75. The number of benzene rings is 1. The Hall–Kier alpha value is -1.55. The van der Waals surface area contributed by atoms with E-state index in [1.165, 1.54) is 0 Å². The van der Waals surface area contributed by atoms with Gasteiger partial charge in [0.15, 0.2) is 0 Å². The lowest BCUT2D eigenvalue weighted by molar-refractivity contribution is 0.407. The van der Waals surface area contributed by atoms with Gasteiger partial charge in [-0.05, 0) is 12.1 Å². The van der Waals surface area contributed by atoms with Gasteiger partial charge in [0.2, 0.25) is 0 Å². The van der Waals surface area contributed by atoms with Crippen molar-refractivity contribution in [3.05, 3.63) is 23.8 Å². The van der Waals surface area contributed by atoms with Gasteiger partial charge in [-0.3, -0.25) is 4.99 Å². The Morgan fingerprint density at radius 1 is 1.57 bits per heavy atom. The fraction of sp³-hybridized carbons (Fsp3) is 0.300. The Kier molecular flexibility index (Phi) is 3.94. The van der Waals surface area contributed by atoms with E-state index in [1.807, 2.05) is 0 Å². The van der Waals surface area contributed by atoms with Gasteiger partial charge in [-0.2, -0.15) is 0 Å². The number of hydrogen-bond acceptors (Lipinski definition) is 4. The Morgan fingerprint density at radius 2 is 2.36 bits per heavy atom. The molecule has 14 heavy (non-hydrogen) atoms. The van der Waals surface area contributed by atoms with E-state index in [4.69, 9.17) is 10.5 Å². The van der Waals surface area contributed by atoms with E-state index in [9.17, 15) is 5.11 Å². The fourth-order valence-corrected chi connectivity index (χ4v) is 0.997. The molecule has 0 spiro atoms. The summed E-state index contributed by atoms with van der Waals surface area (Å²) in [5, 5.41) is 9.52.